The van der Waals surface area contributed by atoms with Crippen molar-refractivity contribution in [1.29, 1.82) is 0 Å². The molecule has 0 unspecified atom stereocenters. The van der Waals surface area contributed by atoms with Crippen molar-refractivity contribution >= 4 is 17.2 Å². The van der Waals surface area contributed by atoms with Crippen LogP contribution in [0.5, 0.6) is 0 Å². The molecule has 3 nitrogen and oxygen atoms in total. The Morgan fingerprint density at radius 2 is 2.35 bits per heavy atom. The number of nitrogens with two attached hydrogens (primary N) is 1. The Balaban J connectivity index is 2.13. The van der Waals surface area contributed by atoms with Crippen molar-refractivity contribution in [3.8, 4) is 0 Å². The van der Waals surface area contributed by atoms with Crippen molar-refractivity contribution in [2.24, 2.45) is 5.73 Å². The highest BCUT2D eigenvalue weighted by atomic mass is 32.1. The zero-order chi connectivity index (χ0) is 12.3. The van der Waals surface area contributed by atoms with Crippen LogP contribution in [0.1, 0.15) is 37.4 Å². The van der Waals surface area contributed by atoms with Crippen LogP contribution in [0.4, 0.5) is 0 Å². The molecule has 1 aliphatic rings. The minimum atomic E-state index is 0.396. The summed E-state index contributed by atoms with van der Waals surface area (Å²) in [7, 11) is 0. The van der Waals surface area contributed by atoms with Gasteiger partial charge >= 0.3 is 0 Å². The minimum Gasteiger partial charge on any atom is -0.388 e. The van der Waals surface area contributed by atoms with Crippen LogP contribution in [0.2, 0.25) is 0 Å². The first-order valence-electron chi connectivity index (χ1n) is 6.20. The second-order valence-electron chi connectivity index (χ2n) is 4.58. The van der Waals surface area contributed by atoms with Crippen molar-refractivity contribution in [2.75, 3.05) is 6.54 Å². The fourth-order valence-corrected chi connectivity index (χ4v) is 2.31. The predicted molar refractivity (Wildman–Crippen MR) is 73.8 cm³/mol. The number of pyridine rings is 1. The average Bonchev–Trinajstić information content (AvgIpc) is 3.13. The predicted octanol–water partition coefficient (Wildman–Crippen LogP) is 2.09. The molecule has 0 aliphatic heterocycles. The monoisotopic (exact) mass is 249 g/mol. The van der Waals surface area contributed by atoms with Crippen LogP contribution in [-0.4, -0.2) is 27.5 Å². The van der Waals surface area contributed by atoms with Gasteiger partial charge in [0.1, 0.15) is 10.7 Å². The van der Waals surface area contributed by atoms with Crippen LogP contribution in [0.3, 0.4) is 0 Å². The van der Waals surface area contributed by atoms with Gasteiger partial charge in [0, 0.05) is 18.8 Å². The van der Waals surface area contributed by atoms with Gasteiger partial charge in [-0.2, -0.15) is 0 Å². The van der Waals surface area contributed by atoms with E-state index in [9.17, 15) is 0 Å². The van der Waals surface area contributed by atoms with E-state index in [1.807, 2.05) is 6.07 Å². The third-order valence-corrected chi connectivity index (χ3v) is 3.27. The highest BCUT2D eigenvalue weighted by Crippen LogP contribution is 2.28. The third-order valence-electron chi connectivity index (χ3n) is 3.07. The molecular weight excluding hydrogens is 230 g/mol. The number of thiocarbonyl (C=S) groups is 1. The normalized spacial score (nSPS) is 15.2. The molecule has 4 heteroatoms. The first kappa shape index (κ1) is 12.5. The Labute approximate surface area is 108 Å². The summed E-state index contributed by atoms with van der Waals surface area (Å²) in [6.07, 6.45) is 5.57. The molecule has 0 saturated heterocycles. The molecule has 1 aromatic rings. The maximum atomic E-state index is 5.71. The zero-order valence-corrected chi connectivity index (χ0v) is 11.0. The van der Waals surface area contributed by atoms with E-state index in [1.165, 1.54) is 19.3 Å². The first-order valence-corrected chi connectivity index (χ1v) is 6.61. The topological polar surface area (TPSA) is 42.2 Å². The van der Waals surface area contributed by atoms with E-state index in [2.05, 4.69) is 22.9 Å². The Morgan fingerprint density at radius 1 is 1.59 bits per heavy atom. The lowest BCUT2D eigenvalue weighted by molar-refractivity contribution is 0.255. The number of hydrogen-bond acceptors (Lipinski definition) is 3. The van der Waals surface area contributed by atoms with E-state index >= 15 is 0 Å². The van der Waals surface area contributed by atoms with E-state index in [0.29, 0.717) is 4.99 Å². The third kappa shape index (κ3) is 3.23. The van der Waals surface area contributed by atoms with E-state index in [1.54, 1.807) is 6.20 Å². The number of aromatic nitrogens is 1. The molecule has 1 heterocycles. The molecule has 0 spiro atoms. The number of nitrogens with zero attached hydrogens (tertiary/aromatic N) is 2. The van der Waals surface area contributed by atoms with Gasteiger partial charge in [0.05, 0.1) is 0 Å². The van der Waals surface area contributed by atoms with Gasteiger partial charge in [-0.05, 0) is 37.4 Å². The number of hydrogen-bond donors (Lipinski definition) is 1. The van der Waals surface area contributed by atoms with Crippen LogP contribution < -0.4 is 5.73 Å². The molecule has 0 bridgehead atoms. The summed E-state index contributed by atoms with van der Waals surface area (Å²) in [5, 5.41) is 0. The van der Waals surface area contributed by atoms with E-state index in [-0.39, 0.29) is 0 Å². The largest absolute Gasteiger partial charge is 0.388 e. The smallest absolute Gasteiger partial charge is 0.123 e. The molecule has 1 aromatic heterocycles. The number of rotatable bonds is 6. The van der Waals surface area contributed by atoms with Gasteiger partial charge in [-0.3, -0.25) is 9.88 Å². The van der Waals surface area contributed by atoms with Gasteiger partial charge in [0.25, 0.3) is 0 Å². The summed E-state index contributed by atoms with van der Waals surface area (Å²) < 4.78 is 0. The SMILES string of the molecule is CCCN(Cc1cccnc1C(N)=S)C1CC1. The summed E-state index contributed by atoms with van der Waals surface area (Å²) in [5.74, 6) is 0. The summed E-state index contributed by atoms with van der Waals surface area (Å²) in [4.78, 5) is 7.19. The molecule has 17 heavy (non-hydrogen) atoms. The lowest BCUT2D eigenvalue weighted by Crippen LogP contribution is -2.28. The second kappa shape index (κ2) is 5.56. The maximum absolute atomic E-state index is 5.71. The van der Waals surface area contributed by atoms with Crippen molar-refractivity contribution < 1.29 is 0 Å². The molecule has 92 valence electrons. The van der Waals surface area contributed by atoms with Crippen molar-refractivity contribution in [2.45, 2.75) is 38.8 Å². The Hall–Kier alpha value is -1.00. The molecule has 0 aromatic carbocycles. The van der Waals surface area contributed by atoms with Crippen molar-refractivity contribution in [1.82, 2.24) is 9.88 Å². The molecule has 0 amide bonds. The highest BCUT2D eigenvalue weighted by Gasteiger charge is 2.28. The minimum absolute atomic E-state index is 0.396. The summed E-state index contributed by atoms with van der Waals surface area (Å²) in [6.45, 7) is 4.27. The van der Waals surface area contributed by atoms with Crippen LogP contribution >= 0.6 is 12.2 Å². The van der Waals surface area contributed by atoms with Crippen LogP contribution in [0, 0.1) is 0 Å². The fraction of sp³-hybridized carbons (Fsp3) is 0.538. The van der Waals surface area contributed by atoms with Gasteiger partial charge in [0.15, 0.2) is 0 Å². The molecular formula is C13H19N3S. The van der Waals surface area contributed by atoms with Gasteiger partial charge in [-0.25, -0.2) is 0 Å². The summed E-state index contributed by atoms with van der Waals surface area (Å²) in [5.41, 5.74) is 7.64. The average molecular weight is 249 g/mol. The van der Waals surface area contributed by atoms with Gasteiger partial charge in [0.2, 0.25) is 0 Å². The lowest BCUT2D eigenvalue weighted by atomic mass is 10.1. The summed E-state index contributed by atoms with van der Waals surface area (Å²) in [6, 6.07) is 4.79. The molecule has 2 N–H and O–H groups in total. The lowest BCUT2D eigenvalue weighted by Gasteiger charge is -2.22. The van der Waals surface area contributed by atoms with Gasteiger partial charge in [-0.1, -0.05) is 25.2 Å². The molecule has 1 saturated carbocycles. The molecule has 0 atom stereocenters. The highest BCUT2D eigenvalue weighted by molar-refractivity contribution is 7.80. The van der Waals surface area contributed by atoms with Gasteiger partial charge in [-0.15, -0.1) is 0 Å². The molecule has 1 aliphatic carbocycles. The first-order chi connectivity index (χ1) is 8.22. The standard InChI is InChI=1S/C13H19N3S/c1-2-8-16(11-5-6-11)9-10-4-3-7-15-12(10)13(14)17/h3-4,7,11H,2,5-6,8-9H2,1H3,(H2,14,17). The fourth-order valence-electron chi connectivity index (χ4n) is 2.12. The quantitative estimate of drug-likeness (QED) is 0.784. The van der Waals surface area contributed by atoms with E-state index in [4.69, 9.17) is 18.0 Å². The van der Waals surface area contributed by atoms with Crippen LogP contribution in [0.25, 0.3) is 0 Å². The van der Waals surface area contributed by atoms with E-state index < -0.39 is 0 Å². The van der Waals surface area contributed by atoms with E-state index in [0.717, 1.165) is 30.4 Å². The van der Waals surface area contributed by atoms with Crippen LogP contribution in [-0.2, 0) is 6.54 Å². The maximum Gasteiger partial charge on any atom is 0.123 e. The zero-order valence-electron chi connectivity index (χ0n) is 10.2. The van der Waals surface area contributed by atoms with Crippen molar-refractivity contribution in [3.05, 3.63) is 29.6 Å². The molecule has 0 radical (unpaired) electrons. The van der Waals surface area contributed by atoms with Crippen LogP contribution in [0.15, 0.2) is 18.3 Å². The Bertz CT molecular complexity index is 401. The second-order valence-corrected chi connectivity index (χ2v) is 5.02. The molecule has 1 fully saturated rings. The molecule has 2 rings (SSSR count). The van der Waals surface area contributed by atoms with Crippen molar-refractivity contribution in [3.63, 3.8) is 0 Å². The summed E-state index contributed by atoms with van der Waals surface area (Å²) >= 11 is 5.05. The van der Waals surface area contributed by atoms with Gasteiger partial charge < -0.3 is 5.73 Å². The Kier molecular flexibility index (Phi) is 4.07. The Morgan fingerprint density at radius 3 is 2.94 bits per heavy atom.